The zero-order valence-electron chi connectivity index (χ0n) is 13.8. The molecule has 1 aromatic carbocycles. The van der Waals surface area contributed by atoms with E-state index in [9.17, 15) is 13.2 Å². The average Bonchev–Trinajstić information content (AvgIpc) is 3.08. The minimum absolute atomic E-state index is 0.0928. The first-order valence-electron chi connectivity index (χ1n) is 7.32. The number of methoxy groups -OCH3 is 1. The molecule has 1 heterocycles. The summed E-state index contributed by atoms with van der Waals surface area (Å²) >= 11 is 1.33. The molecule has 1 aromatic heterocycles. The van der Waals surface area contributed by atoms with Gasteiger partial charge in [0.1, 0.15) is 10.6 Å². The Labute approximate surface area is 145 Å². The molecular formula is C16H20N2O4S2. The average molecular weight is 368 g/mol. The third kappa shape index (κ3) is 4.34. The summed E-state index contributed by atoms with van der Waals surface area (Å²) in [6.45, 7) is 4.02. The maximum absolute atomic E-state index is 12.4. The summed E-state index contributed by atoms with van der Waals surface area (Å²) in [5.41, 5.74) is 1.82. The summed E-state index contributed by atoms with van der Waals surface area (Å²) in [4.78, 5) is 12.5. The van der Waals surface area contributed by atoms with Crippen molar-refractivity contribution >= 4 is 27.3 Å². The largest absolute Gasteiger partial charge is 0.495 e. The normalized spacial score (nSPS) is 11.3. The number of ether oxygens (including phenoxy) is 1. The van der Waals surface area contributed by atoms with Crippen LogP contribution in [0.15, 0.2) is 34.5 Å². The molecule has 130 valence electrons. The van der Waals surface area contributed by atoms with Crippen molar-refractivity contribution in [3.05, 3.63) is 45.6 Å². The molecule has 1 amide bonds. The van der Waals surface area contributed by atoms with E-state index < -0.39 is 10.0 Å². The summed E-state index contributed by atoms with van der Waals surface area (Å²) in [5.74, 6) is 0.0844. The van der Waals surface area contributed by atoms with Crippen LogP contribution in [-0.4, -0.2) is 34.5 Å². The van der Waals surface area contributed by atoms with Gasteiger partial charge in [0, 0.05) is 13.1 Å². The highest BCUT2D eigenvalue weighted by molar-refractivity contribution is 7.89. The molecule has 0 bridgehead atoms. The highest BCUT2D eigenvalue weighted by Gasteiger charge is 2.20. The standard InChI is InChI=1S/C16H20N2O4S2/c1-11-9-13(22-3)15(10-12(11)2)24(20,21)18-7-6-17-16(19)14-5-4-8-23-14/h4-5,8-10,18H,6-7H2,1-3H3,(H,17,19). The predicted molar refractivity (Wildman–Crippen MR) is 94.3 cm³/mol. The van der Waals surface area contributed by atoms with E-state index in [1.165, 1.54) is 18.4 Å². The van der Waals surface area contributed by atoms with Crippen LogP contribution in [0.2, 0.25) is 0 Å². The minimum Gasteiger partial charge on any atom is -0.495 e. The van der Waals surface area contributed by atoms with Gasteiger partial charge in [0.2, 0.25) is 10.0 Å². The summed E-state index contributed by atoms with van der Waals surface area (Å²) in [5, 5.41) is 4.48. The van der Waals surface area contributed by atoms with Crippen LogP contribution in [0.1, 0.15) is 20.8 Å². The Bertz CT molecular complexity index is 815. The van der Waals surface area contributed by atoms with Crippen molar-refractivity contribution in [1.29, 1.82) is 0 Å². The first-order valence-corrected chi connectivity index (χ1v) is 9.68. The number of sulfonamides is 1. The van der Waals surface area contributed by atoms with Crippen LogP contribution < -0.4 is 14.8 Å². The van der Waals surface area contributed by atoms with E-state index in [0.717, 1.165) is 11.1 Å². The fourth-order valence-corrected chi connectivity index (χ4v) is 3.97. The van der Waals surface area contributed by atoms with Gasteiger partial charge < -0.3 is 10.1 Å². The summed E-state index contributed by atoms with van der Waals surface area (Å²) in [6, 6.07) is 6.78. The van der Waals surface area contributed by atoms with Gasteiger partial charge in [-0.3, -0.25) is 4.79 Å². The monoisotopic (exact) mass is 368 g/mol. The van der Waals surface area contributed by atoms with Crippen molar-refractivity contribution in [1.82, 2.24) is 10.0 Å². The lowest BCUT2D eigenvalue weighted by Gasteiger charge is -2.13. The SMILES string of the molecule is COc1cc(C)c(C)cc1S(=O)(=O)NCCNC(=O)c1cccs1. The maximum atomic E-state index is 12.4. The Hall–Kier alpha value is -1.90. The number of nitrogens with one attached hydrogen (secondary N) is 2. The maximum Gasteiger partial charge on any atom is 0.261 e. The number of hydrogen-bond donors (Lipinski definition) is 2. The van der Waals surface area contributed by atoms with Gasteiger partial charge in [0.15, 0.2) is 0 Å². The first kappa shape index (κ1) is 18.4. The molecule has 24 heavy (non-hydrogen) atoms. The van der Waals surface area contributed by atoms with Crippen molar-refractivity contribution in [3.63, 3.8) is 0 Å². The fourth-order valence-electron chi connectivity index (χ4n) is 2.07. The molecule has 8 heteroatoms. The second kappa shape index (κ2) is 7.78. The Morgan fingerprint density at radius 2 is 1.92 bits per heavy atom. The molecule has 0 saturated carbocycles. The lowest BCUT2D eigenvalue weighted by Crippen LogP contribution is -2.34. The number of carbonyl (C=O) groups excluding carboxylic acids is 1. The number of amides is 1. The van der Waals surface area contributed by atoms with Crippen molar-refractivity contribution in [3.8, 4) is 5.75 Å². The minimum atomic E-state index is -3.72. The Morgan fingerprint density at radius 1 is 1.21 bits per heavy atom. The first-order chi connectivity index (χ1) is 11.3. The lowest BCUT2D eigenvalue weighted by molar-refractivity contribution is 0.0958. The highest BCUT2D eigenvalue weighted by atomic mass is 32.2. The highest BCUT2D eigenvalue weighted by Crippen LogP contribution is 2.27. The topological polar surface area (TPSA) is 84.5 Å². The van der Waals surface area contributed by atoms with Crippen LogP contribution in [0, 0.1) is 13.8 Å². The summed E-state index contributed by atoms with van der Waals surface area (Å²) < 4.78 is 32.5. The second-order valence-corrected chi connectivity index (χ2v) is 7.90. The molecule has 0 fully saturated rings. The van der Waals surface area contributed by atoms with Gasteiger partial charge in [-0.1, -0.05) is 6.07 Å². The Morgan fingerprint density at radius 3 is 2.54 bits per heavy atom. The van der Waals surface area contributed by atoms with Crippen molar-refractivity contribution < 1.29 is 17.9 Å². The van der Waals surface area contributed by atoms with E-state index in [4.69, 9.17) is 4.74 Å². The number of rotatable bonds is 7. The van der Waals surface area contributed by atoms with E-state index in [0.29, 0.717) is 10.6 Å². The van der Waals surface area contributed by atoms with E-state index in [-0.39, 0.29) is 23.9 Å². The third-order valence-corrected chi connectivity index (χ3v) is 5.87. The molecule has 0 unspecified atom stereocenters. The van der Waals surface area contributed by atoms with Gasteiger partial charge in [0.05, 0.1) is 12.0 Å². The van der Waals surface area contributed by atoms with Gasteiger partial charge in [-0.2, -0.15) is 0 Å². The number of benzene rings is 1. The molecule has 0 atom stereocenters. The van der Waals surface area contributed by atoms with Crippen molar-refractivity contribution in [2.24, 2.45) is 0 Å². The smallest absolute Gasteiger partial charge is 0.261 e. The molecule has 0 spiro atoms. The fraction of sp³-hybridized carbons (Fsp3) is 0.312. The zero-order valence-corrected chi connectivity index (χ0v) is 15.4. The van der Waals surface area contributed by atoms with Crippen LogP contribution in [0.4, 0.5) is 0 Å². The van der Waals surface area contributed by atoms with E-state index in [2.05, 4.69) is 10.0 Å². The van der Waals surface area contributed by atoms with Gasteiger partial charge in [-0.05, 0) is 48.6 Å². The van der Waals surface area contributed by atoms with Crippen LogP contribution in [-0.2, 0) is 10.0 Å². The number of hydrogen-bond acceptors (Lipinski definition) is 5. The lowest BCUT2D eigenvalue weighted by atomic mass is 10.1. The summed E-state index contributed by atoms with van der Waals surface area (Å²) in [7, 11) is -2.28. The zero-order chi connectivity index (χ0) is 17.7. The summed E-state index contributed by atoms with van der Waals surface area (Å²) in [6.07, 6.45) is 0. The Kier molecular flexibility index (Phi) is 5.98. The van der Waals surface area contributed by atoms with E-state index in [1.807, 2.05) is 19.2 Å². The quantitative estimate of drug-likeness (QED) is 0.733. The number of carbonyl (C=O) groups is 1. The molecule has 2 rings (SSSR count). The van der Waals surface area contributed by atoms with Crippen LogP contribution >= 0.6 is 11.3 Å². The van der Waals surface area contributed by atoms with Gasteiger partial charge >= 0.3 is 0 Å². The van der Waals surface area contributed by atoms with Gasteiger partial charge in [-0.25, -0.2) is 13.1 Å². The van der Waals surface area contributed by atoms with Crippen molar-refractivity contribution in [2.75, 3.05) is 20.2 Å². The molecule has 0 aliphatic carbocycles. The Balaban J connectivity index is 1.99. The molecule has 0 aliphatic heterocycles. The van der Waals surface area contributed by atoms with Crippen LogP contribution in [0.5, 0.6) is 5.75 Å². The van der Waals surface area contributed by atoms with E-state index in [1.54, 1.807) is 24.3 Å². The van der Waals surface area contributed by atoms with Crippen LogP contribution in [0.25, 0.3) is 0 Å². The number of thiophene rings is 1. The van der Waals surface area contributed by atoms with E-state index >= 15 is 0 Å². The molecule has 2 N–H and O–H groups in total. The van der Waals surface area contributed by atoms with Gasteiger partial charge in [0.25, 0.3) is 5.91 Å². The third-order valence-electron chi connectivity index (χ3n) is 3.52. The predicted octanol–water partition coefficient (Wildman–Crippen LogP) is 2.08. The molecular weight excluding hydrogens is 348 g/mol. The van der Waals surface area contributed by atoms with Crippen LogP contribution in [0.3, 0.4) is 0 Å². The molecule has 6 nitrogen and oxygen atoms in total. The van der Waals surface area contributed by atoms with Gasteiger partial charge in [-0.15, -0.1) is 11.3 Å². The number of aryl methyl sites for hydroxylation is 2. The molecule has 0 saturated heterocycles. The molecule has 2 aromatic rings. The van der Waals surface area contributed by atoms with Crippen molar-refractivity contribution in [2.45, 2.75) is 18.7 Å². The molecule has 0 aliphatic rings. The second-order valence-electron chi connectivity index (χ2n) is 5.22. The molecule has 0 radical (unpaired) electrons.